The van der Waals surface area contributed by atoms with Crippen LogP contribution in [-0.4, -0.2) is 27.2 Å². The van der Waals surface area contributed by atoms with Crippen molar-refractivity contribution in [2.75, 3.05) is 6.54 Å². The lowest BCUT2D eigenvalue weighted by molar-refractivity contribution is -0.121. The minimum atomic E-state index is -0.784. The number of rotatable bonds is 5. The second-order valence-corrected chi connectivity index (χ2v) is 4.35. The highest BCUT2D eigenvalue weighted by molar-refractivity contribution is 5.86. The van der Waals surface area contributed by atoms with Crippen LogP contribution in [0.2, 0.25) is 0 Å². The molecule has 1 aromatic carbocycles. The third-order valence-electron chi connectivity index (χ3n) is 2.82. The molecule has 1 amide bonds. The van der Waals surface area contributed by atoms with Gasteiger partial charge in [0.05, 0.1) is 6.07 Å². The molecule has 0 saturated carbocycles. The van der Waals surface area contributed by atoms with E-state index in [2.05, 4.69) is 15.4 Å². The summed E-state index contributed by atoms with van der Waals surface area (Å²) in [6.07, 6.45) is 2.15. The number of nitriles is 1. The maximum atomic E-state index is 12.0. The standard InChI is InChI=1S/C14H15N5O/c1-19-10-17-13(18-19)7-8-16-14(20)12(9-15)11-5-3-2-4-6-11/h2-6,10,12H,7-8H2,1H3,(H,16,20). The van der Waals surface area contributed by atoms with Crippen molar-refractivity contribution < 1.29 is 4.79 Å². The fraction of sp³-hybridized carbons (Fsp3) is 0.286. The molecule has 0 bridgehead atoms. The van der Waals surface area contributed by atoms with Crippen molar-refractivity contribution in [2.24, 2.45) is 7.05 Å². The van der Waals surface area contributed by atoms with Crippen molar-refractivity contribution in [1.29, 1.82) is 5.26 Å². The van der Waals surface area contributed by atoms with Gasteiger partial charge in [0, 0.05) is 20.0 Å². The van der Waals surface area contributed by atoms with E-state index in [0.29, 0.717) is 24.4 Å². The zero-order valence-electron chi connectivity index (χ0n) is 11.2. The molecule has 1 aromatic heterocycles. The van der Waals surface area contributed by atoms with E-state index in [1.165, 1.54) is 0 Å². The first kappa shape index (κ1) is 13.7. The third-order valence-corrected chi connectivity index (χ3v) is 2.82. The second-order valence-electron chi connectivity index (χ2n) is 4.35. The Morgan fingerprint density at radius 2 is 2.20 bits per heavy atom. The van der Waals surface area contributed by atoms with Crippen LogP contribution in [0, 0.1) is 11.3 Å². The quantitative estimate of drug-likeness (QED) is 0.869. The number of aromatic nitrogens is 3. The first-order valence-electron chi connectivity index (χ1n) is 6.27. The van der Waals surface area contributed by atoms with Gasteiger partial charge in [-0.1, -0.05) is 30.3 Å². The molecule has 0 aliphatic carbocycles. The van der Waals surface area contributed by atoms with Crippen molar-refractivity contribution in [1.82, 2.24) is 20.1 Å². The number of hydrogen-bond donors (Lipinski definition) is 1. The van der Waals surface area contributed by atoms with Crippen LogP contribution in [0.3, 0.4) is 0 Å². The highest BCUT2D eigenvalue weighted by Gasteiger charge is 2.19. The van der Waals surface area contributed by atoms with E-state index >= 15 is 0 Å². The van der Waals surface area contributed by atoms with Gasteiger partial charge in [-0.2, -0.15) is 10.4 Å². The molecule has 0 fully saturated rings. The molecule has 102 valence electrons. The Morgan fingerprint density at radius 3 is 2.80 bits per heavy atom. The number of nitrogens with one attached hydrogen (secondary N) is 1. The van der Waals surface area contributed by atoms with Gasteiger partial charge in [-0.05, 0) is 5.56 Å². The Morgan fingerprint density at radius 1 is 1.45 bits per heavy atom. The molecule has 0 saturated heterocycles. The van der Waals surface area contributed by atoms with Crippen molar-refractivity contribution in [3.8, 4) is 6.07 Å². The fourth-order valence-electron chi connectivity index (χ4n) is 1.83. The van der Waals surface area contributed by atoms with Crippen molar-refractivity contribution in [3.05, 3.63) is 48.0 Å². The predicted octanol–water partition coefficient (Wildman–Crippen LogP) is 0.781. The molecule has 1 N–H and O–H groups in total. The number of carbonyl (C=O) groups excluding carboxylic acids is 1. The smallest absolute Gasteiger partial charge is 0.241 e. The molecule has 20 heavy (non-hydrogen) atoms. The normalized spacial score (nSPS) is 11.6. The molecule has 0 aliphatic rings. The van der Waals surface area contributed by atoms with Crippen LogP contribution in [0.4, 0.5) is 0 Å². The van der Waals surface area contributed by atoms with E-state index in [9.17, 15) is 4.79 Å². The lowest BCUT2D eigenvalue weighted by Gasteiger charge is -2.09. The van der Waals surface area contributed by atoms with E-state index in [1.54, 1.807) is 30.2 Å². The fourth-order valence-corrected chi connectivity index (χ4v) is 1.83. The molecule has 2 aromatic rings. The summed E-state index contributed by atoms with van der Waals surface area (Å²) in [4.78, 5) is 16.1. The first-order valence-corrected chi connectivity index (χ1v) is 6.27. The summed E-state index contributed by atoms with van der Waals surface area (Å²) >= 11 is 0. The zero-order chi connectivity index (χ0) is 14.4. The molecule has 6 heteroatoms. The van der Waals surface area contributed by atoms with Crippen LogP contribution in [0.1, 0.15) is 17.3 Å². The van der Waals surface area contributed by atoms with Crippen molar-refractivity contribution in [2.45, 2.75) is 12.3 Å². The summed E-state index contributed by atoms with van der Waals surface area (Å²) in [6.45, 7) is 0.411. The monoisotopic (exact) mass is 269 g/mol. The zero-order valence-corrected chi connectivity index (χ0v) is 11.2. The Hall–Kier alpha value is -2.68. The van der Waals surface area contributed by atoms with Gasteiger partial charge in [0.15, 0.2) is 5.82 Å². The summed E-state index contributed by atoms with van der Waals surface area (Å²) in [5.74, 6) is -0.413. The van der Waals surface area contributed by atoms with Gasteiger partial charge in [-0.3, -0.25) is 9.48 Å². The minimum absolute atomic E-state index is 0.297. The number of benzene rings is 1. The summed E-state index contributed by atoms with van der Waals surface area (Å²) in [7, 11) is 1.79. The van der Waals surface area contributed by atoms with Crippen LogP contribution in [0.5, 0.6) is 0 Å². The second kappa shape index (κ2) is 6.48. The summed E-state index contributed by atoms with van der Waals surface area (Å²) < 4.78 is 1.61. The van der Waals surface area contributed by atoms with Crippen LogP contribution >= 0.6 is 0 Å². The molecule has 0 aliphatic heterocycles. The third kappa shape index (κ3) is 3.42. The SMILES string of the molecule is Cn1cnc(CCNC(=O)C(C#N)c2ccccc2)n1. The van der Waals surface area contributed by atoms with E-state index < -0.39 is 5.92 Å². The molecule has 0 spiro atoms. The van der Waals surface area contributed by atoms with Gasteiger partial charge >= 0.3 is 0 Å². The Kier molecular flexibility index (Phi) is 4.45. The van der Waals surface area contributed by atoms with E-state index in [-0.39, 0.29) is 5.91 Å². The maximum absolute atomic E-state index is 12.0. The summed E-state index contributed by atoms with van der Waals surface area (Å²) in [5.41, 5.74) is 0.698. The molecule has 1 heterocycles. The summed E-state index contributed by atoms with van der Waals surface area (Å²) in [5, 5.41) is 16.0. The molecule has 1 atom stereocenters. The molecule has 1 unspecified atom stereocenters. The van der Waals surface area contributed by atoms with Crippen LogP contribution in [0.15, 0.2) is 36.7 Å². The number of hydrogen-bond acceptors (Lipinski definition) is 4. The Labute approximate surface area is 117 Å². The van der Waals surface area contributed by atoms with Crippen molar-refractivity contribution in [3.63, 3.8) is 0 Å². The Balaban J connectivity index is 1.89. The average molecular weight is 269 g/mol. The Bertz CT molecular complexity index is 614. The molecule has 0 radical (unpaired) electrons. The lowest BCUT2D eigenvalue weighted by atomic mass is 10.00. The maximum Gasteiger partial charge on any atom is 0.241 e. The molecule has 6 nitrogen and oxygen atoms in total. The predicted molar refractivity (Wildman–Crippen MR) is 72.5 cm³/mol. The minimum Gasteiger partial charge on any atom is -0.354 e. The van der Waals surface area contributed by atoms with Gasteiger partial charge in [0.1, 0.15) is 12.2 Å². The van der Waals surface area contributed by atoms with Gasteiger partial charge in [-0.25, -0.2) is 4.98 Å². The molecule has 2 rings (SSSR count). The number of aryl methyl sites for hydroxylation is 1. The topological polar surface area (TPSA) is 83.6 Å². The summed E-state index contributed by atoms with van der Waals surface area (Å²) in [6, 6.07) is 11.0. The number of amides is 1. The van der Waals surface area contributed by atoms with Gasteiger partial charge in [0.25, 0.3) is 0 Å². The average Bonchev–Trinajstić information content (AvgIpc) is 2.86. The first-order chi connectivity index (χ1) is 9.70. The van der Waals surface area contributed by atoms with Gasteiger partial charge < -0.3 is 5.32 Å². The van der Waals surface area contributed by atoms with Crippen LogP contribution in [0.25, 0.3) is 0 Å². The van der Waals surface area contributed by atoms with Crippen LogP contribution in [-0.2, 0) is 18.3 Å². The molecular weight excluding hydrogens is 254 g/mol. The van der Waals surface area contributed by atoms with E-state index in [4.69, 9.17) is 5.26 Å². The van der Waals surface area contributed by atoms with Crippen LogP contribution < -0.4 is 5.32 Å². The largest absolute Gasteiger partial charge is 0.354 e. The molecular formula is C14H15N5O. The van der Waals surface area contributed by atoms with Gasteiger partial charge in [-0.15, -0.1) is 0 Å². The highest BCUT2D eigenvalue weighted by Crippen LogP contribution is 2.14. The number of nitrogens with zero attached hydrogens (tertiary/aromatic N) is 4. The van der Waals surface area contributed by atoms with E-state index in [1.807, 2.05) is 24.3 Å². The van der Waals surface area contributed by atoms with Gasteiger partial charge in [0.2, 0.25) is 5.91 Å². The highest BCUT2D eigenvalue weighted by atomic mass is 16.1. The number of carbonyl (C=O) groups is 1. The lowest BCUT2D eigenvalue weighted by Crippen LogP contribution is -2.30. The van der Waals surface area contributed by atoms with Crippen molar-refractivity contribution >= 4 is 5.91 Å². The van der Waals surface area contributed by atoms with E-state index in [0.717, 1.165) is 0 Å².